The van der Waals surface area contributed by atoms with Crippen LogP contribution in [0.25, 0.3) is 10.9 Å². The van der Waals surface area contributed by atoms with Crippen molar-refractivity contribution >= 4 is 10.9 Å². The first-order valence-corrected chi connectivity index (χ1v) is 6.91. The summed E-state index contributed by atoms with van der Waals surface area (Å²) in [6.45, 7) is 0. The molecule has 1 heterocycles. The minimum Gasteiger partial charge on any atom is -0.390 e. The van der Waals surface area contributed by atoms with Crippen molar-refractivity contribution in [3.8, 4) is 0 Å². The first-order chi connectivity index (χ1) is 9.10. The molecule has 0 amide bonds. The van der Waals surface area contributed by atoms with E-state index in [1.165, 1.54) is 0 Å². The van der Waals surface area contributed by atoms with E-state index in [2.05, 4.69) is 5.10 Å². The summed E-state index contributed by atoms with van der Waals surface area (Å²) in [7, 11) is 1.91. The molecule has 0 bridgehead atoms. The van der Waals surface area contributed by atoms with Gasteiger partial charge in [0, 0.05) is 18.9 Å². The molecule has 2 N–H and O–H groups in total. The van der Waals surface area contributed by atoms with Crippen LogP contribution in [0.4, 0.5) is 0 Å². The largest absolute Gasteiger partial charge is 0.390 e. The maximum Gasteiger partial charge on any atom is 0.0909 e. The molecule has 1 aromatic heterocycles. The summed E-state index contributed by atoms with van der Waals surface area (Å²) in [6.07, 6.45) is 3.07. The molecule has 2 aromatic rings. The molecule has 1 saturated carbocycles. The summed E-state index contributed by atoms with van der Waals surface area (Å²) in [4.78, 5) is 0. The fourth-order valence-electron chi connectivity index (χ4n) is 3.13. The lowest BCUT2D eigenvalue weighted by Crippen LogP contribution is -2.41. The molecular weight excluding hydrogens is 240 g/mol. The highest BCUT2D eigenvalue weighted by molar-refractivity contribution is 5.81. The highest BCUT2D eigenvalue weighted by Gasteiger charge is 2.38. The molecule has 19 heavy (non-hydrogen) atoms. The van der Waals surface area contributed by atoms with Crippen molar-refractivity contribution in [3.05, 3.63) is 30.0 Å². The summed E-state index contributed by atoms with van der Waals surface area (Å²) < 4.78 is 1.83. The molecule has 0 aliphatic heterocycles. The zero-order valence-electron chi connectivity index (χ0n) is 11.2. The Morgan fingerprint density at radius 1 is 1.32 bits per heavy atom. The monoisotopic (exact) mass is 260 g/mol. The highest BCUT2D eigenvalue weighted by Crippen LogP contribution is 2.34. The molecule has 1 fully saturated rings. The minimum absolute atomic E-state index is 0.415. The standard InChI is InChI=1S/C15H20N2O2/c1-17-13-7-3-2-6-11(13)12(16-17)10-14(18)15(19)8-4-5-9-15/h2-3,6-7,14,18-19H,4-5,8-10H2,1H3. The fraction of sp³-hybridized carbons (Fsp3) is 0.533. The van der Waals surface area contributed by atoms with Gasteiger partial charge in [-0.3, -0.25) is 4.68 Å². The Morgan fingerprint density at radius 2 is 2.00 bits per heavy atom. The second-order valence-corrected chi connectivity index (χ2v) is 5.62. The van der Waals surface area contributed by atoms with Gasteiger partial charge in [-0.25, -0.2) is 0 Å². The number of aliphatic hydroxyl groups excluding tert-OH is 1. The molecule has 4 heteroatoms. The molecule has 0 saturated heterocycles. The smallest absolute Gasteiger partial charge is 0.0909 e. The van der Waals surface area contributed by atoms with Crippen molar-refractivity contribution in [3.63, 3.8) is 0 Å². The molecular formula is C15H20N2O2. The summed E-state index contributed by atoms with van der Waals surface area (Å²) in [5, 5.41) is 26.3. The third kappa shape index (κ3) is 2.15. The third-order valence-corrected chi connectivity index (χ3v) is 4.31. The highest BCUT2D eigenvalue weighted by atomic mass is 16.3. The van der Waals surface area contributed by atoms with E-state index < -0.39 is 11.7 Å². The van der Waals surface area contributed by atoms with Crippen molar-refractivity contribution < 1.29 is 10.2 Å². The molecule has 0 radical (unpaired) electrons. The van der Waals surface area contributed by atoms with E-state index in [0.717, 1.165) is 29.4 Å². The number of para-hydroxylation sites is 1. The molecule has 3 rings (SSSR count). The molecule has 1 aromatic carbocycles. The topological polar surface area (TPSA) is 58.3 Å². The second-order valence-electron chi connectivity index (χ2n) is 5.62. The Balaban J connectivity index is 1.89. The van der Waals surface area contributed by atoms with Gasteiger partial charge in [0.1, 0.15) is 0 Å². The van der Waals surface area contributed by atoms with Crippen LogP contribution in [0.3, 0.4) is 0 Å². The maximum atomic E-state index is 10.4. The number of hydrogen-bond donors (Lipinski definition) is 2. The van der Waals surface area contributed by atoms with Crippen LogP contribution < -0.4 is 0 Å². The summed E-state index contributed by atoms with van der Waals surface area (Å²) in [5.74, 6) is 0. The molecule has 4 nitrogen and oxygen atoms in total. The average molecular weight is 260 g/mol. The van der Waals surface area contributed by atoms with Gasteiger partial charge >= 0.3 is 0 Å². The van der Waals surface area contributed by atoms with Crippen LogP contribution in [0.15, 0.2) is 24.3 Å². The summed E-state index contributed by atoms with van der Waals surface area (Å²) in [6, 6.07) is 7.99. The van der Waals surface area contributed by atoms with Crippen molar-refractivity contribution in [1.82, 2.24) is 9.78 Å². The third-order valence-electron chi connectivity index (χ3n) is 4.31. The lowest BCUT2D eigenvalue weighted by molar-refractivity contribution is -0.0692. The van der Waals surface area contributed by atoms with Crippen molar-refractivity contribution in [2.24, 2.45) is 7.05 Å². The van der Waals surface area contributed by atoms with Crippen LogP contribution in [-0.4, -0.2) is 31.7 Å². The lowest BCUT2D eigenvalue weighted by atomic mass is 9.91. The van der Waals surface area contributed by atoms with Gasteiger partial charge in [0.15, 0.2) is 0 Å². The number of aromatic nitrogens is 2. The SMILES string of the molecule is Cn1nc(CC(O)C2(O)CCCC2)c2ccccc21. The van der Waals surface area contributed by atoms with E-state index >= 15 is 0 Å². The summed E-state index contributed by atoms with van der Waals surface area (Å²) in [5.41, 5.74) is 1.01. The Bertz CT molecular complexity index is 585. The van der Waals surface area contributed by atoms with Gasteiger partial charge in [-0.15, -0.1) is 0 Å². The van der Waals surface area contributed by atoms with Crippen LogP contribution in [0.2, 0.25) is 0 Å². The van der Waals surface area contributed by atoms with E-state index in [4.69, 9.17) is 0 Å². The van der Waals surface area contributed by atoms with Gasteiger partial charge in [-0.05, 0) is 18.9 Å². The van der Waals surface area contributed by atoms with Crippen LogP contribution in [0.5, 0.6) is 0 Å². The average Bonchev–Trinajstić information content (AvgIpc) is 2.97. The number of nitrogens with zero attached hydrogens (tertiary/aromatic N) is 2. The van der Waals surface area contributed by atoms with Crippen molar-refractivity contribution in [1.29, 1.82) is 0 Å². The zero-order chi connectivity index (χ0) is 13.5. The molecule has 1 unspecified atom stereocenters. The van der Waals surface area contributed by atoms with E-state index in [0.29, 0.717) is 19.3 Å². The van der Waals surface area contributed by atoms with E-state index in [-0.39, 0.29) is 0 Å². The Hall–Kier alpha value is -1.39. The number of fused-ring (bicyclic) bond motifs is 1. The number of hydrogen-bond acceptors (Lipinski definition) is 3. The number of benzene rings is 1. The molecule has 1 aliphatic carbocycles. The minimum atomic E-state index is -0.918. The molecule has 1 atom stereocenters. The predicted molar refractivity (Wildman–Crippen MR) is 73.8 cm³/mol. The Morgan fingerprint density at radius 3 is 2.74 bits per heavy atom. The van der Waals surface area contributed by atoms with Gasteiger partial charge in [0.25, 0.3) is 0 Å². The van der Waals surface area contributed by atoms with E-state index in [9.17, 15) is 10.2 Å². The second kappa shape index (κ2) is 4.62. The van der Waals surface area contributed by atoms with Crippen molar-refractivity contribution in [2.45, 2.75) is 43.8 Å². The van der Waals surface area contributed by atoms with Crippen LogP contribution >= 0.6 is 0 Å². The number of aryl methyl sites for hydroxylation is 1. The number of rotatable bonds is 3. The Kier molecular flexibility index (Phi) is 3.07. The van der Waals surface area contributed by atoms with Crippen molar-refractivity contribution in [2.75, 3.05) is 0 Å². The van der Waals surface area contributed by atoms with Gasteiger partial charge in [-0.2, -0.15) is 5.10 Å². The predicted octanol–water partition coefficient (Wildman–Crippen LogP) is 1.78. The number of aliphatic hydroxyl groups is 2. The van der Waals surface area contributed by atoms with Gasteiger partial charge in [-0.1, -0.05) is 31.0 Å². The maximum absolute atomic E-state index is 10.4. The van der Waals surface area contributed by atoms with Crippen LogP contribution in [-0.2, 0) is 13.5 Å². The first-order valence-electron chi connectivity index (χ1n) is 6.91. The quantitative estimate of drug-likeness (QED) is 0.884. The first kappa shape index (κ1) is 12.6. The van der Waals surface area contributed by atoms with E-state index in [1.807, 2.05) is 36.0 Å². The van der Waals surface area contributed by atoms with Gasteiger partial charge < -0.3 is 10.2 Å². The van der Waals surface area contributed by atoms with E-state index in [1.54, 1.807) is 0 Å². The normalized spacial score (nSPS) is 19.9. The summed E-state index contributed by atoms with van der Waals surface area (Å²) >= 11 is 0. The van der Waals surface area contributed by atoms with Crippen LogP contribution in [0.1, 0.15) is 31.4 Å². The molecule has 1 aliphatic rings. The van der Waals surface area contributed by atoms with Crippen LogP contribution in [0, 0.1) is 0 Å². The molecule has 102 valence electrons. The fourth-order valence-corrected chi connectivity index (χ4v) is 3.13. The Labute approximate surface area is 112 Å². The molecule has 0 spiro atoms. The lowest BCUT2D eigenvalue weighted by Gasteiger charge is -2.28. The van der Waals surface area contributed by atoms with Gasteiger partial charge in [0.05, 0.1) is 22.9 Å². The zero-order valence-corrected chi connectivity index (χ0v) is 11.2. The van der Waals surface area contributed by atoms with Gasteiger partial charge in [0.2, 0.25) is 0 Å².